The van der Waals surface area contributed by atoms with Gasteiger partial charge in [-0.25, -0.2) is 0 Å². The van der Waals surface area contributed by atoms with E-state index in [0.29, 0.717) is 22.9 Å². The molecule has 0 heterocycles. The minimum Gasteiger partial charge on any atom is -0.483 e. The van der Waals surface area contributed by atoms with Gasteiger partial charge in [-0.05, 0) is 19.1 Å². The van der Waals surface area contributed by atoms with Crippen molar-refractivity contribution in [1.82, 2.24) is 5.32 Å². The van der Waals surface area contributed by atoms with Crippen LogP contribution in [-0.2, 0) is 4.79 Å². The Hall–Kier alpha value is -1.33. The SMILES string of the molecule is CCNC(=O)COc1cccc(Cl)c1C(N)=S. The number of hydrogen-bond donors (Lipinski definition) is 2. The third-order valence-electron chi connectivity index (χ3n) is 1.95. The highest BCUT2D eigenvalue weighted by molar-refractivity contribution is 7.80. The number of hydrogen-bond acceptors (Lipinski definition) is 3. The molecule has 0 spiro atoms. The largest absolute Gasteiger partial charge is 0.483 e. The van der Waals surface area contributed by atoms with Gasteiger partial charge in [-0.1, -0.05) is 29.9 Å². The van der Waals surface area contributed by atoms with Crippen LogP contribution in [0.1, 0.15) is 12.5 Å². The second-order valence-corrected chi connectivity index (χ2v) is 4.07. The first-order chi connectivity index (χ1) is 8.06. The molecule has 0 aromatic heterocycles. The maximum Gasteiger partial charge on any atom is 0.257 e. The number of benzene rings is 1. The summed E-state index contributed by atoms with van der Waals surface area (Å²) in [5.41, 5.74) is 6.00. The van der Waals surface area contributed by atoms with E-state index in [1.165, 1.54) is 0 Å². The predicted molar refractivity (Wildman–Crippen MR) is 71.5 cm³/mol. The van der Waals surface area contributed by atoms with Crippen LogP contribution in [-0.4, -0.2) is 24.0 Å². The van der Waals surface area contributed by atoms with E-state index in [4.69, 9.17) is 34.3 Å². The average molecular weight is 273 g/mol. The van der Waals surface area contributed by atoms with Crippen LogP contribution in [0, 0.1) is 0 Å². The Bertz CT molecular complexity index is 437. The Morgan fingerprint density at radius 3 is 2.88 bits per heavy atom. The molecular formula is C11H13ClN2O2S. The second kappa shape index (κ2) is 6.42. The van der Waals surface area contributed by atoms with E-state index in [1.54, 1.807) is 18.2 Å². The van der Waals surface area contributed by atoms with Crippen LogP contribution in [0.2, 0.25) is 5.02 Å². The molecule has 6 heteroatoms. The van der Waals surface area contributed by atoms with Gasteiger partial charge in [0, 0.05) is 6.54 Å². The first-order valence-electron chi connectivity index (χ1n) is 5.04. The Morgan fingerprint density at radius 1 is 1.59 bits per heavy atom. The molecule has 0 aliphatic carbocycles. The summed E-state index contributed by atoms with van der Waals surface area (Å²) in [6.45, 7) is 2.29. The van der Waals surface area contributed by atoms with E-state index in [0.717, 1.165) is 0 Å². The summed E-state index contributed by atoms with van der Waals surface area (Å²) < 4.78 is 5.33. The van der Waals surface area contributed by atoms with Gasteiger partial charge in [0.2, 0.25) is 0 Å². The topological polar surface area (TPSA) is 64.3 Å². The van der Waals surface area contributed by atoms with Crippen LogP contribution in [0.5, 0.6) is 5.75 Å². The Labute approximate surface area is 110 Å². The highest BCUT2D eigenvalue weighted by Gasteiger charge is 2.12. The Kier molecular flexibility index (Phi) is 5.18. The molecule has 0 fully saturated rings. The van der Waals surface area contributed by atoms with Crippen molar-refractivity contribution in [3.05, 3.63) is 28.8 Å². The maximum atomic E-state index is 11.2. The van der Waals surface area contributed by atoms with Crippen LogP contribution >= 0.6 is 23.8 Å². The van der Waals surface area contributed by atoms with E-state index in [2.05, 4.69) is 5.32 Å². The van der Waals surface area contributed by atoms with Gasteiger partial charge in [-0.2, -0.15) is 0 Å². The third-order valence-corrected chi connectivity index (χ3v) is 2.47. The number of carbonyl (C=O) groups is 1. The number of halogens is 1. The standard InChI is InChI=1S/C11H13ClN2O2S/c1-2-14-9(15)6-16-8-5-3-4-7(12)10(8)11(13)17/h3-5H,2,6H2,1H3,(H2,13,17)(H,14,15). The molecular weight excluding hydrogens is 260 g/mol. The van der Waals surface area contributed by atoms with Gasteiger partial charge in [0.05, 0.1) is 10.6 Å². The molecule has 1 aromatic rings. The van der Waals surface area contributed by atoms with Crippen LogP contribution < -0.4 is 15.8 Å². The molecule has 0 aliphatic rings. The predicted octanol–water partition coefficient (Wildman–Crippen LogP) is 1.49. The lowest BCUT2D eigenvalue weighted by Gasteiger charge is -2.11. The molecule has 0 saturated heterocycles. The highest BCUT2D eigenvalue weighted by atomic mass is 35.5. The quantitative estimate of drug-likeness (QED) is 0.797. The van der Waals surface area contributed by atoms with Crippen molar-refractivity contribution in [2.45, 2.75) is 6.92 Å². The zero-order valence-corrected chi connectivity index (χ0v) is 10.9. The van der Waals surface area contributed by atoms with E-state index < -0.39 is 0 Å². The fraction of sp³-hybridized carbons (Fsp3) is 0.273. The molecule has 0 aliphatic heterocycles. The summed E-state index contributed by atoms with van der Waals surface area (Å²) in [6, 6.07) is 5.03. The van der Waals surface area contributed by atoms with E-state index >= 15 is 0 Å². The number of ether oxygens (including phenoxy) is 1. The molecule has 1 aromatic carbocycles. The van der Waals surface area contributed by atoms with Crippen LogP contribution in [0.25, 0.3) is 0 Å². The van der Waals surface area contributed by atoms with E-state index in [-0.39, 0.29) is 17.5 Å². The second-order valence-electron chi connectivity index (χ2n) is 3.22. The van der Waals surface area contributed by atoms with Gasteiger partial charge in [0.15, 0.2) is 6.61 Å². The molecule has 3 N–H and O–H groups in total. The normalized spacial score (nSPS) is 9.76. The summed E-state index contributed by atoms with van der Waals surface area (Å²) in [5, 5.41) is 3.03. The molecule has 0 saturated carbocycles. The maximum absolute atomic E-state index is 11.2. The summed E-state index contributed by atoms with van der Waals surface area (Å²) in [7, 11) is 0. The summed E-state index contributed by atoms with van der Waals surface area (Å²) >= 11 is 10.8. The molecule has 17 heavy (non-hydrogen) atoms. The fourth-order valence-corrected chi connectivity index (χ4v) is 1.79. The van der Waals surface area contributed by atoms with E-state index in [1.807, 2.05) is 6.92 Å². The zero-order chi connectivity index (χ0) is 12.8. The highest BCUT2D eigenvalue weighted by Crippen LogP contribution is 2.26. The molecule has 0 atom stereocenters. The number of likely N-dealkylation sites (N-methyl/N-ethyl adjacent to an activating group) is 1. The third kappa shape index (κ3) is 3.87. The zero-order valence-electron chi connectivity index (χ0n) is 9.33. The van der Waals surface area contributed by atoms with Crippen molar-refractivity contribution in [2.24, 2.45) is 5.73 Å². The number of nitrogens with one attached hydrogen (secondary N) is 1. The molecule has 1 rings (SSSR count). The van der Waals surface area contributed by atoms with Crippen LogP contribution in [0.4, 0.5) is 0 Å². The first-order valence-corrected chi connectivity index (χ1v) is 5.82. The molecule has 1 amide bonds. The van der Waals surface area contributed by atoms with Gasteiger partial charge >= 0.3 is 0 Å². The fourth-order valence-electron chi connectivity index (χ4n) is 1.26. The number of amides is 1. The van der Waals surface area contributed by atoms with Gasteiger partial charge in [-0.3, -0.25) is 4.79 Å². The smallest absolute Gasteiger partial charge is 0.257 e. The van der Waals surface area contributed by atoms with Crippen molar-refractivity contribution in [3.63, 3.8) is 0 Å². The molecule has 4 nitrogen and oxygen atoms in total. The lowest BCUT2D eigenvalue weighted by Crippen LogP contribution is -2.28. The van der Waals surface area contributed by atoms with Gasteiger partial charge < -0.3 is 15.8 Å². The van der Waals surface area contributed by atoms with E-state index in [9.17, 15) is 4.79 Å². The molecule has 0 bridgehead atoms. The van der Waals surface area contributed by atoms with Crippen molar-refractivity contribution in [1.29, 1.82) is 0 Å². The van der Waals surface area contributed by atoms with Crippen molar-refractivity contribution >= 4 is 34.7 Å². The lowest BCUT2D eigenvalue weighted by molar-refractivity contribution is -0.122. The Morgan fingerprint density at radius 2 is 2.29 bits per heavy atom. The van der Waals surface area contributed by atoms with Gasteiger partial charge in [0.25, 0.3) is 5.91 Å². The number of rotatable bonds is 5. The monoisotopic (exact) mass is 272 g/mol. The summed E-state index contributed by atoms with van der Waals surface area (Å²) in [5.74, 6) is 0.206. The van der Waals surface area contributed by atoms with Crippen molar-refractivity contribution < 1.29 is 9.53 Å². The summed E-state index contributed by atoms with van der Waals surface area (Å²) in [6.07, 6.45) is 0. The van der Waals surface area contributed by atoms with Gasteiger partial charge in [-0.15, -0.1) is 0 Å². The Balaban J connectivity index is 2.81. The minimum atomic E-state index is -0.207. The first kappa shape index (κ1) is 13.7. The number of nitrogens with two attached hydrogens (primary N) is 1. The van der Waals surface area contributed by atoms with Crippen LogP contribution in [0.3, 0.4) is 0 Å². The molecule has 0 radical (unpaired) electrons. The van der Waals surface area contributed by atoms with Crippen molar-refractivity contribution in [2.75, 3.05) is 13.2 Å². The number of thiocarbonyl (C=S) groups is 1. The molecule has 92 valence electrons. The number of carbonyl (C=O) groups excluding carboxylic acids is 1. The minimum absolute atomic E-state index is 0.0935. The molecule has 0 unspecified atom stereocenters. The lowest BCUT2D eigenvalue weighted by atomic mass is 10.2. The summed E-state index contributed by atoms with van der Waals surface area (Å²) in [4.78, 5) is 11.4. The average Bonchev–Trinajstić information content (AvgIpc) is 2.26. The van der Waals surface area contributed by atoms with Crippen molar-refractivity contribution in [3.8, 4) is 5.75 Å². The van der Waals surface area contributed by atoms with Gasteiger partial charge in [0.1, 0.15) is 10.7 Å². The van der Waals surface area contributed by atoms with Crippen LogP contribution in [0.15, 0.2) is 18.2 Å².